The molecule has 0 bridgehead atoms. The normalized spacial score (nSPS) is 11.3. The van der Waals surface area contributed by atoms with Crippen LogP contribution < -0.4 is 11.1 Å². The largest absolute Gasteiger partial charge is 0.329 e. The molecule has 1 amide bonds. The van der Waals surface area contributed by atoms with E-state index in [0.717, 1.165) is 19.3 Å². The Morgan fingerprint density at radius 1 is 1.25 bits per heavy atom. The van der Waals surface area contributed by atoms with Crippen molar-refractivity contribution in [3.63, 3.8) is 0 Å². The van der Waals surface area contributed by atoms with Gasteiger partial charge in [0.25, 0.3) is 0 Å². The van der Waals surface area contributed by atoms with Crippen LogP contribution in [-0.4, -0.2) is 32.4 Å². The predicted molar refractivity (Wildman–Crippen MR) is 81.4 cm³/mol. The topological polar surface area (TPSA) is 89.3 Å². The number of rotatable bonds is 8. The van der Waals surface area contributed by atoms with Crippen molar-refractivity contribution in [2.24, 2.45) is 5.73 Å². The van der Waals surface area contributed by atoms with Crippen LogP contribution in [0.4, 0.5) is 5.69 Å². The lowest BCUT2D eigenvalue weighted by Gasteiger charge is -2.07. The number of nitrogens with two attached hydrogens (primary N) is 1. The lowest BCUT2D eigenvalue weighted by atomic mass is 10.1. The molecule has 0 aliphatic carbocycles. The van der Waals surface area contributed by atoms with E-state index in [2.05, 4.69) is 12.2 Å². The molecule has 0 radical (unpaired) electrons. The van der Waals surface area contributed by atoms with Gasteiger partial charge in [-0.2, -0.15) is 0 Å². The van der Waals surface area contributed by atoms with E-state index in [1.807, 2.05) is 12.1 Å². The van der Waals surface area contributed by atoms with Crippen molar-refractivity contribution in [1.29, 1.82) is 0 Å². The highest BCUT2D eigenvalue weighted by atomic mass is 32.2. The Morgan fingerprint density at radius 2 is 1.90 bits per heavy atom. The van der Waals surface area contributed by atoms with Crippen LogP contribution in [0.5, 0.6) is 0 Å². The molecule has 3 N–H and O–H groups in total. The molecule has 0 spiro atoms. The maximum absolute atomic E-state index is 11.6. The van der Waals surface area contributed by atoms with Crippen molar-refractivity contribution in [3.05, 3.63) is 29.8 Å². The first-order valence-corrected chi connectivity index (χ1v) is 8.58. The Morgan fingerprint density at radius 3 is 2.45 bits per heavy atom. The summed E-state index contributed by atoms with van der Waals surface area (Å²) in [6.07, 6.45) is 3.27. The Bertz CT molecular complexity index is 524. The molecule has 5 nitrogen and oxygen atoms in total. The molecule has 0 unspecified atom stereocenters. The summed E-state index contributed by atoms with van der Waals surface area (Å²) < 4.78 is 22.9. The summed E-state index contributed by atoms with van der Waals surface area (Å²) in [4.78, 5) is 11.6. The standard InChI is InChI=1S/C14H22N2O3S/c1-2-3-4-12-5-7-13(8-6-12)16-14(17)11-20(18,19)10-9-15/h5-8H,2-4,9-11,15H2,1H3,(H,16,17). The van der Waals surface area contributed by atoms with Crippen LogP contribution in [0.2, 0.25) is 0 Å². The van der Waals surface area contributed by atoms with Gasteiger partial charge in [-0.3, -0.25) is 4.79 Å². The van der Waals surface area contributed by atoms with Gasteiger partial charge in [-0.05, 0) is 30.5 Å². The third-order valence-electron chi connectivity index (χ3n) is 2.84. The minimum absolute atomic E-state index is 0.0295. The van der Waals surface area contributed by atoms with Crippen LogP contribution in [0.25, 0.3) is 0 Å². The van der Waals surface area contributed by atoms with Crippen molar-refractivity contribution >= 4 is 21.4 Å². The maximum Gasteiger partial charge on any atom is 0.239 e. The molecule has 0 aromatic heterocycles. The van der Waals surface area contributed by atoms with Gasteiger partial charge in [-0.1, -0.05) is 25.5 Å². The maximum atomic E-state index is 11.6. The summed E-state index contributed by atoms with van der Waals surface area (Å²) in [6.45, 7) is 2.16. The molecule has 0 atom stereocenters. The number of hydrogen-bond donors (Lipinski definition) is 2. The Hall–Kier alpha value is -1.40. The number of anilines is 1. The average Bonchev–Trinajstić information content (AvgIpc) is 2.37. The van der Waals surface area contributed by atoms with Gasteiger partial charge in [0.05, 0.1) is 5.75 Å². The number of hydrogen-bond acceptors (Lipinski definition) is 4. The minimum Gasteiger partial charge on any atom is -0.329 e. The van der Waals surface area contributed by atoms with E-state index >= 15 is 0 Å². The van der Waals surface area contributed by atoms with E-state index in [-0.39, 0.29) is 12.3 Å². The summed E-state index contributed by atoms with van der Waals surface area (Å²) >= 11 is 0. The van der Waals surface area contributed by atoms with Gasteiger partial charge >= 0.3 is 0 Å². The second-order valence-corrected chi connectivity index (χ2v) is 6.91. The monoisotopic (exact) mass is 298 g/mol. The average molecular weight is 298 g/mol. The molecule has 0 aliphatic heterocycles. The van der Waals surface area contributed by atoms with Crippen LogP contribution >= 0.6 is 0 Å². The quantitative estimate of drug-likeness (QED) is 0.758. The van der Waals surface area contributed by atoms with E-state index in [1.54, 1.807) is 12.1 Å². The molecule has 0 saturated heterocycles. The Balaban J connectivity index is 2.54. The number of aryl methyl sites for hydroxylation is 1. The van der Waals surface area contributed by atoms with Gasteiger partial charge in [0.1, 0.15) is 5.75 Å². The van der Waals surface area contributed by atoms with Crippen LogP contribution in [-0.2, 0) is 21.1 Å². The third kappa shape index (κ3) is 6.16. The zero-order chi connectivity index (χ0) is 15.0. The predicted octanol–water partition coefficient (Wildman–Crippen LogP) is 1.34. The van der Waals surface area contributed by atoms with Gasteiger partial charge in [0.15, 0.2) is 9.84 Å². The van der Waals surface area contributed by atoms with Crippen LogP contribution in [0.1, 0.15) is 25.3 Å². The fourth-order valence-corrected chi connectivity index (χ4v) is 2.76. The second-order valence-electron chi connectivity index (χ2n) is 4.73. The summed E-state index contributed by atoms with van der Waals surface area (Å²) in [5.74, 6) is -1.22. The molecule has 6 heteroatoms. The Labute approximate surface area is 120 Å². The highest BCUT2D eigenvalue weighted by molar-refractivity contribution is 7.92. The molecule has 1 aromatic rings. The van der Waals surface area contributed by atoms with Crippen LogP contribution in [0.3, 0.4) is 0 Å². The van der Waals surface area contributed by atoms with E-state index in [4.69, 9.17) is 5.73 Å². The zero-order valence-electron chi connectivity index (χ0n) is 11.8. The summed E-state index contributed by atoms with van der Waals surface area (Å²) in [6, 6.07) is 7.47. The summed E-state index contributed by atoms with van der Waals surface area (Å²) in [7, 11) is -3.41. The second kappa shape index (κ2) is 8.01. The first-order valence-electron chi connectivity index (χ1n) is 6.76. The molecule has 1 aromatic carbocycles. The van der Waals surface area contributed by atoms with Crippen molar-refractivity contribution < 1.29 is 13.2 Å². The molecule has 0 saturated carbocycles. The first-order chi connectivity index (χ1) is 9.46. The van der Waals surface area contributed by atoms with E-state index < -0.39 is 21.5 Å². The molecular formula is C14H22N2O3S. The fraction of sp³-hybridized carbons (Fsp3) is 0.500. The van der Waals surface area contributed by atoms with E-state index in [1.165, 1.54) is 5.56 Å². The summed E-state index contributed by atoms with van der Waals surface area (Å²) in [5, 5.41) is 2.58. The highest BCUT2D eigenvalue weighted by Gasteiger charge is 2.15. The number of amides is 1. The number of carbonyl (C=O) groups is 1. The van der Waals surface area contributed by atoms with Gasteiger partial charge in [0.2, 0.25) is 5.91 Å². The van der Waals surface area contributed by atoms with Crippen molar-refractivity contribution in [2.75, 3.05) is 23.4 Å². The van der Waals surface area contributed by atoms with Gasteiger partial charge in [-0.25, -0.2) is 8.42 Å². The van der Waals surface area contributed by atoms with Crippen LogP contribution in [0.15, 0.2) is 24.3 Å². The number of carbonyl (C=O) groups excluding carboxylic acids is 1. The van der Waals surface area contributed by atoms with Gasteiger partial charge in [-0.15, -0.1) is 0 Å². The van der Waals surface area contributed by atoms with E-state index in [9.17, 15) is 13.2 Å². The summed E-state index contributed by atoms with van der Waals surface area (Å²) in [5.41, 5.74) is 7.01. The lowest BCUT2D eigenvalue weighted by Crippen LogP contribution is -2.27. The lowest BCUT2D eigenvalue weighted by molar-refractivity contribution is -0.113. The first kappa shape index (κ1) is 16.7. The Kier molecular flexibility index (Phi) is 6.67. The molecule has 112 valence electrons. The molecule has 0 fully saturated rings. The molecule has 20 heavy (non-hydrogen) atoms. The SMILES string of the molecule is CCCCc1ccc(NC(=O)CS(=O)(=O)CCN)cc1. The molecule has 1 rings (SSSR count). The van der Waals surface area contributed by atoms with E-state index in [0.29, 0.717) is 5.69 Å². The fourth-order valence-electron chi connectivity index (χ4n) is 1.78. The highest BCUT2D eigenvalue weighted by Crippen LogP contribution is 2.12. The third-order valence-corrected chi connectivity index (χ3v) is 4.40. The van der Waals surface area contributed by atoms with Gasteiger partial charge in [0, 0.05) is 12.2 Å². The zero-order valence-corrected chi connectivity index (χ0v) is 12.6. The molecule has 0 heterocycles. The van der Waals surface area contributed by atoms with Crippen molar-refractivity contribution in [3.8, 4) is 0 Å². The number of unbranched alkanes of at least 4 members (excludes halogenated alkanes) is 1. The van der Waals surface area contributed by atoms with Gasteiger partial charge < -0.3 is 11.1 Å². The van der Waals surface area contributed by atoms with Crippen molar-refractivity contribution in [1.82, 2.24) is 0 Å². The number of benzene rings is 1. The van der Waals surface area contributed by atoms with Crippen LogP contribution in [0, 0.1) is 0 Å². The van der Waals surface area contributed by atoms with Crippen molar-refractivity contribution in [2.45, 2.75) is 26.2 Å². The minimum atomic E-state index is -3.41. The molecule has 0 aliphatic rings. The smallest absolute Gasteiger partial charge is 0.239 e. The molecular weight excluding hydrogens is 276 g/mol. The number of sulfone groups is 1. The number of nitrogens with one attached hydrogen (secondary N) is 1.